The van der Waals surface area contributed by atoms with E-state index in [-0.39, 0.29) is 24.0 Å². The number of thiophene rings is 1. The molecule has 2 heterocycles. The first-order chi connectivity index (χ1) is 12.6. The minimum Gasteiger partial charge on any atom is -0.385 e. The summed E-state index contributed by atoms with van der Waals surface area (Å²) in [4.78, 5) is 10.8. The minimum atomic E-state index is 0. The fourth-order valence-electron chi connectivity index (χ4n) is 3.20. The molecule has 0 fully saturated rings. The van der Waals surface area contributed by atoms with Gasteiger partial charge >= 0.3 is 0 Å². The third kappa shape index (κ3) is 8.64. The van der Waals surface area contributed by atoms with E-state index in [1.54, 1.807) is 12.0 Å². The Hall–Kier alpha value is -0.420. The molecule has 0 aromatic carbocycles. The van der Waals surface area contributed by atoms with Gasteiger partial charge in [0.2, 0.25) is 0 Å². The van der Waals surface area contributed by atoms with Crippen molar-refractivity contribution in [3.8, 4) is 0 Å². The number of rotatable bonds is 10. The van der Waals surface area contributed by atoms with E-state index < -0.39 is 0 Å². The van der Waals surface area contributed by atoms with Gasteiger partial charge in [-0.1, -0.05) is 0 Å². The van der Waals surface area contributed by atoms with Gasteiger partial charge in [0.25, 0.3) is 0 Å². The van der Waals surface area contributed by atoms with Crippen LogP contribution in [-0.4, -0.2) is 82.3 Å². The lowest BCUT2D eigenvalue weighted by Crippen LogP contribution is -2.48. The molecule has 1 atom stereocenters. The molecular weight excluding hydrogens is 473 g/mol. The van der Waals surface area contributed by atoms with Crippen molar-refractivity contribution in [1.82, 2.24) is 20.4 Å². The average molecular weight is 510 g/mol. The van der Waals surface area contributed by atoms with E-state index in [1.165, 1.54) is 12.0 Å². The standard InChI is InChI=1S/C19H35N5OS.HI/c1-16(24-10-6-18-17(15-24)7-13-26-18)14-22-19(20-2)21-8-11-23(3)9-5-12-25-4;/h7,13,16H,5-6,8-12,14-15H2,1-4H3,(H2,20,21,22);1H. The zero-order valence-corrected chi connectivity index (χ0v) is 20.3. The maximum Gasteiger partial charge on any atom is 0.191 e. The van der Waals surface area contributed by atoms with E-state index in [4.69, 9.17) is 4.74 Å². The number of ether oxygens (including phenoxy) is 1. The van der Waals surface area contributed by atoms with Crippen LogP contribution >= 0.6 is 35.3 Å². The predicted molar refractivity (Wildman–Crippen MR) is 127 cm³/mol. The number of hydrogen-bond donors (Lipinski definition) is 2. The lowest BCUT2D eigenvalue weighted by molar-refractivity contribution is 0.180. The summed E-state index contributed by atoms with van der Waals surface area (Å²) in [6.45, 7) is 9.17. The van der Waals surface area contributed by atoms with Gasteiger partial charge in [0.15, 0.2) is 5.96 Å². The van der Waals surface area contributed by atoms with E-state index in [1.807, 2.05) is 18.4 Å². The van der Waals surface area contributed by atoms with Crippen molar-refractivity contribution >= 4 is 41.3 Å². The summed E-state index contributed by atoms with van der Waals surface area (Å²) < 4.78 is 5.10. The maximum absolute atomic E-state index is 5.10. The second kappa shape index (κ2) is 13.7. The van der Waals surface area contributed by atoms with Gasteiger partial charge in [0, 0.05) is 71.0 Å². The molecular formula is C19H36IN5OS. The number of guanidine groups is 1. The molecule has 27 heavy (non-hydrogen) atoms. The van der Waals surface area contributed by atoms with Gasteiger partial charge in [0.05, 0.1) is 0 Å². The largest absolute Gasteiger partial charge is 0.385 e. The molecule has 1 aliphatic rings. The Morgan fingerprint density at radius 3 is 2.96 bits per heavy atom. The monoisotopic (exact) mass is 509 g/mol. The smallest absolute Gasteiger partial charge is 0.191 e. The Labute approximate surface area is 185 Å². The third-order valence-corrected chi connectivity index (χ3v) is 5.95. The first kappa shape index (κ1) is 24.6. The van der Waals surface area contributed by atoms with Gasteiger partial charge in [-0.3, -0.25) is 9.89 Å². The quantitative estimate of drug-likeness (QED) is 0.219. The number of aliphatic imine (C=N–C) groups is 1. The van der Waals surface area contributed by atoms with E-state index in [0.29, 0.717) is 6.04 Å². The number of halogens is 1. The van der Waals surface area contributed by atoms with Crippen molar-refractivity contribution in [1.29, 1.82) is 0 Å². The molecule has 0 amide bonds. The zero-order chi connectivity index (χ0) is 18.8. The fraction of sp³-hybridized carbons (Fsp3) is 0.737. The Morgan fingerprint density at radius 1 is 1.41 bits per heavy atom. The number of methoxy groups -OCH3 is 1. The Kier molecular flexibility index (Phi) is 12.5. The summed E-state index contributed by atoms with van der Waals surface area (Å²) in [5.74, 6) is 0.885. The summed E-state index contributed by atoms with van der Waals surface area (Å²) in [7, 11) is 5.73. The molecule has 0 radical (unpaired) electrons. The lowest BCUT2D eigenvalue weighted by atomic mass is 10.1. The third-order valence-electron chi connectivity index (χ3n) is 4.92. The highest BCUT2D eigenvalue weighted by Crippen LogP contribution is 2.24. The number of nitrogens with zero attached hydrogens (tertiary/aromatic N) is 3. The normalized spacial score (nSPS) is 16.0. The number of likely N-dealkylation sites (N-methyl/N-ethyl adjacent to an activating group) is 1. The van der Waals surface area contributed by atoms with Gasteiger partial charge in [-0.2, -0.15) is 0 Å². The number of nitrogens with one attached hydrogen (secondary N) is 2. The van der Waals surface area contributed by atoms with E-state index in [0.717, 1.165) is 58.3 Å². The first-order valence-corrected chi connectivity index (χ1v) is 10.4. The Bertz CT molecular complexity index is 554. The molecule has 0 spiro atoms. The fourth-order valence-corrected chi connectivity index (χ4v) is 4.09. The first-order valence-electron chi connectivity index (χ1n) is 9.55. The summed E-state index contributed by atoms with van der Waals surface area (Å²) >= 11 is 1.90. The van der Waals surface area contributed by atoms with E-state index >= 15 is 0 Å². The molecule has 1 aliphatic heterocycles. The summed E-state index contributed by atoms with van der Waals surface area (Å²) in [6, 6.07) is 2.76. The molecule has 0 saturated carbocycles. The summed E-state index contributed by atoms with van der Waals surface area (Å²) in [6.07, 6.45) is 2.25. The molecule has 0 saturated heterocycles. The lowest BCUT2D eigenvalue weighted by Gasteiger charge is -2.32. The molecule has 1 aromatic rings. The molecule has 0 bridgehead atoms. The molecule has 1 aromatic heterocycles. The Balaban J connectivity index is 0.00000364. The molecule has 156 valence electrons. The van der Waals surface area contributed by atoms with Crippen molar-refractivity contribution in [3.63, 3.8) is 0 Å². The topological polar surface area (TPSA) is 52.1 Å². The van der Waals surface area contributed by atoms with Crippen molar-refractivity contribution in [2.45, 2.75) is 32.4 Å². The average Bonchev–Trinajstić information content (AvgIpc) is 3.12. The van der Waals surface area contributed by atoms with Crippen molar-refractivity contribution in [3.05, 3.63) is 21.9 Å². The SMILES string of the molecule is CN=C(NCCN(C)CCCOC)NCC(C)N1CCc2sccc2C1.I. The number of hydrogen-bond acceptors (Lipinski definition) is 5. The van der Waals surface area contributed by atoms with Crippen LogP contribution in [-0.2, 0) is 17.7 Å². The van der Waals surface area contributed by atoms with Crippen molar-refractivity contribution in [2.75, 3.05) is 60.5 Å². The number of fused-ring (bicyclic) bond motifs is 1. The van der Waals surface area contributed by atoms with Crippen LogP contribution in [0.5, 0.6) is 0 Å². The maximum atomic E-state index is 5.10. The van der Waals surface area contributed by atoms with Crippen LogP contribution in [0.1, 0.15) is 23.8 Å². The highest BCUT2D eigenvalue weighted by molar-refractivity contribution is 14.0. The van der Waals surface area contributed by atoms with Gasteiger partial charge in [0.1, 0.15) is 0 Å². The van der Waals surface area contributed by atoms with Crippen LogP contribution < -0.4 is 10.6 Å². The van der Waals surface area contributed by atoms with Crippen LogP contribution in [0.3, 0.4) is 0 Å². The van der Waals surface area contributed by atoms with Crippen molar-refractivity contribution < 1.29 is 4.74 Å². The summed E-state index contributed by atoms with van der Waals surface area (Å²) in [5.41, 5.74) is 1.51. The molecule has 2 N–H and O–H groups in total. The van der Waals surface area contributed by atoms with E-state index in [9.17, 15) is 0 Å². The molecule has 0 aliphatic carbocycles. The summed E-state index contributed by atoms with van der Waals surface area (Å²) in [5, 5.41) is 9.10. The zero-order valence-electron chi connectivity index (χ0n) is 17.2. The Morgan fingerprint density at radius 2 is 2.22 bits per heavy atom. The van der Waals surface area contributed by atoms with Gasteiger partial charge in [-0.15, -0.1) is 35.3 Å². The van der Waals surface area contributed by atoms with Crippen LogP contribution in [0, 0.1) is 0 Å². The van der Waals surface area contributed by atoms with Crippen LogP contribution in [0.2, 0.25) is 0 Å². The molecule has 1 unspecified atom stereocenters. The second-order valence-electron chi connectivity index (χ2n) is 6.97. The minimum absolute atomic E-state index is 0. The van der Waals surface area contributed by atoms with Gasteiger partial charge in [-0.25, -0.2) is 0 Å². The highest BCUT2D eigenvalue weighted by atomic mass is 127. The molecule has 6 nitrogen and oxygen atoms in total. The van der Waals surface area contributed by atoms with Crippen LogP contribution in [0.25, 0.3) is 0 Å². The second-order valence-corrected chi connectivity index (χ2v) is 7.97. The van der Waals surface area contributed by atoms with E-state index in [2.05, 4.69) is 50.8 Å². The highest BCUT2D eigenvalue weighted by Gasteiger charge is 2.21. The van der Waals surface area contributed by atoms with Crippen LogP contribution in [0.4, 0.5) is 0 Å². The molecule has 2 rings (SSSR count). The van der Waals surface area contributed by atoms with Gasteiger partial charge < -0.3 is 20.3 Å². The van der Waals surface area contributed by atoms with Crippen LogP contribution in [0.15, 0.2) is 16.4 Å². The van der Waals surface area contributed by atoms with Crippen molar-refractivity contribution in [2.24, 2.45) is 4.99 Å². The predicted octanol–water partition coefficient (Wildman–Crippen LogP) is 2.25. The molecule has 8 heteroatoms. The van der Waals surface area contributed by atoms with Gasteiger partial charge in [-0.05, 0) is 43.8 Å².